The molecule has 1 aromatic carbocycles. The summed E-state index contributed by atoms with van der Waals surface area (Å²) in [5, 5.41) is 11.8. The van der Waals surface area contributed by atoms with Crippen molar-refractivity contribution in [1.82, 2.24) is 4.90 Å². The molecule has 3 N–H and O–H groups in total. The van der Waals surface area contributed by atoms with Gasteiger partial charge in [-0.3, -0.25) is 4.79 Å². The van der Waals surface area contributed by atoms with E-state index in [1.807, 2.05) is 26.0 Å². The Morgan fingerprint density at radius 3 is 2.84 bits per heavy atom. The molecule has 0 bridgehead atoms. The van der Waals surface area contributed by atoms with Crippen LogP contribution in [0.3, 0.4) is 0 Å². The van der Waals surface area contributed by atoms with Gasteiger partial charge in [-0.05, 0) is 37.6 Å². The number of nitrogens with one attached hydrogen (secondary N) is 1. The smallest absolute Gasteiger partial charge is 0.244 e. The van der Waals surface area contributed by atoms with E-state index in [0.29, 0.717) is 12.2 Å². The fourth-order valence-corrected chi connectivity index (χ4v) is 1.73. The number of likely N-dealkylation sites (N-methyl/N-ethyl adjacent to an activating group) is 1. The van der Waals surface area contributed by atoms with Crippen LogP contribution in [-0.4, -0.2) is 30.4 Å². The molecule has 102 valence electrons. The number of nitrogens with zero attached hydrogens (tertiary/aromatic N) is 2. The number of hydrogen-bond donors (Lipinski definition) is 2. The first-order valence-electron chi connectivity index (χ1n) is 6.26. The number of nitrogen functional groups attached to an aromatic ring is 1. The van der Waals surface area contributed by atoms with Crippen LogP contribution in [0.1, 0.15) is 19.4 Å². The maximum absolute atomic E-state index is 11.9. The van der Waals surface area contributed by atoms with Crippen molar-refractivity contribution in [3.8, 4) is 6.07 Å². The first kappa shape index (κ1) is 14.8. The van der Waals surface area contributed by atoms with Gasteiger partial charge in [0.1, 0.15) is 6.04 Å². The van der Waals surface area contributed by atoms with Crippen LogP contribution in [0.5, 0.6) is 0 Å². The predicted molar refractivity (Wildman–Crippen MR) is 76.6 cm³/mol. The van der Waals surface area contributed by atoms with E-state index in [1.54, 1.807) is 18.0 Å². The SMILES string of the molecule is CCN(C)C(=O)C(C)Nc1ccc(N)c(CC#N)c1. The van der Waals surface area contributed by atoms with E-state index < -0.39 is 0 Å². The summed E-state index contributed by atoms with van der Waals surface area (Å²) in [5.41, 5.74) is 7.95. The molecule has 0 aliphatic rings. The van der Waals surface area contributed by atoms with Gasteiger partial charge in [-0.2, -0.15) is 5.26 Å². The molecule has 1 rings (SSSR count). The summed E-state index contributed by atoms with van der Waals surface area (Å²) >= 11 is 0. The summed E-state index contributed by atoms with van der Waals surface area (Å²) in [6.07, 6.45) is 0.262. The van der Waals surface area contributed by atoms with Crippen molar-refractivity contribution in [3.05, 3.63) is 23.8 Å². The third-order valence-corrected chi connectivity index (χ3v) is 3.02. The Bertz CT molecular complexity index is 493. The van der Waals surface area contributed by atoms with Crippen molar-refractivity contribution < 1.29 is 4.79 Å². The molecule has 0 aliphatic heterocycles. The molecule has 1 amide bonds. The molecule has 0 saturated carbocycles. The van der Waals surface area contributed by atoms with Gasteiger partial charge in [0.05, 0.1) is 12.5 Å². The van der Waals surface area contributed by atoms with Crippen molar-refractivity contribution in [1.29, 1.82) is 5.26 Å². The summed E-state index contributed by atoms with van der Waals surface area (Å²) in [4.78, 5) is 13.6. The lowest BCUT2D eigenvalue weighted by Gasteiger charge is -2.21. The van der Waals surface area contributed by atoms with Gasteiger partial charge in [0.2, 0.25) is 5.91 Å². The molecule has 0 fully saturated rings. The lowest BCUT2D eigenvalue weighted by Crippen LogP contribution is -2.38. The second-order valence-electron chi connectivity index (χ2n) is 4.47. The fourth-order valence-electron chi connectivity index (χ4n) is 1.73. The molecule has 0 saturated heterocycles. The van der Waals surface area contributed by atoms with Gasteiger partial charge in [-0.15, -0.1) is 0 Å². The second kappa shape index (κ2) is 6.64. The average Bonchev–Trinajstić information content (AvgIpc) is 2.41. The zero-order chi connectivity index (χ0) is 14.4. The Morgan fingerprint density at radius 2 is 2.26 bits per heavy atom. The lowest BCUT2D eigenvalue weighted by atomic mass is 10.1. The highest BCUT2D eigenvalue weighted by molar-refractivity contribution is 5.84. The fraction of sp³-hybridized carbons (Fsp3) is 0.429. The van der Waals surface area contributed by atoms with Crippen molar-refractivity contribution in [2.75, 3.05) is 24.6 Å². The standard InChI is InChI=1S/C14H20N4O/c1-4-18(3)14(19)10(2)17-12-5-6-13(16)11(9-12)7-8-15/h5-6,9-10,17H,4,7,16H2,1-3H3. The van der Waals surface area contributed by atoms with Crippen molar-refractivity contribution in [2.45, 2.75) is 26.3 Å². The lowest BCUT2D eigenvalue weighted by molar-refractivity contribution is -0.130. The van der Waals surface area contributed by atoms with Crippen LogP contribution in [0.25, 0.3) is 0 Å². The van der Waals surface area contributed by atoms with Crippen LogP contribution < -0.4 is 11.1 Å². The molecule has 1 atom stereocenters. The van der Waals surface area contributed by atoms with Gasteiger partial charge in [0.15, 0.2) is 0 Å². The third-order valence-electron chi connectivity index (χ3n) is 3.02. The number of benzene rings is 1. The minimum Gasteiger partial charge on any atom is -0.398 e. The van der Waals surface area contributed by atoms with Gasteiger partial charge < -0.3 is 16.0 Å². The van der Waals surface area contributed by atoms with Crippen molar-refractivity contribution >= 4 is 17.3 Å². The Morgan fingerprint density at radius 1 is 1.58 bits per heavy atom. The normalized spacial score (nSPS) is 11.5. The van der Waals surface area contributed by atoms with E-state index in [0.717, 1.165) is 11.3 Å². The third kappa shape index (κ3) is 3.88. The summed E-state index contributed by atoms with van der Waals surface area (Å²) < 4.78 is 0. The molecule has 0 spiro atoms. The van der Waals surface area contributed by atoms with Gasteiger partial charge in [-0.25, -0.2) is 0 Å². The first-order chi connectivity index (χ1) is 8.99. The quantitative estimate of drug-likeness (QED) is 0.788. The molecule has 19 heavy (non-hydrogen) atoms. The summed E-state index contributed by atoms with van der Waals surface area (Å²) in [6, 6.07) is 7.13. The minimum atomic E-state index is -0.316. The number of carbonyl (C=O) groups is 1. The zero-order valence-corrected chi connectivity index (χ0v) is 11.6. The van der Waals surface area contributed by atoms with Crippen LogP contribution in [0, 0.1) is 11.3 Å². The average molecular weight is 260 g/mol. The van der Waals surface area contributed by atoms with Crippen molar-refractivity contribution in [2.24, 2.45) is 0 Å². The molecule has 0 aliphatic carbocycles. The number of anilines is 2. The molecule has 0 radical (unpaired) electrons. The monoisotopic (exact) mass is 260 g/mol. The molecule has 1 unspecified atom stereocenters. The molecular formula is C14H20N4O. The summed E-state index contributed by atoms with van der Waals surface area (Å²) in [5.74, 6) is 0.0289. The zero-order valence-electron chi connectivity index (χ0n) is 11.6. The number of amides is 1. The minimum absolute atomic E-state index is 0.0289. The van der Waals surface area contributed by atoms with E-state index in [4.69, 9.17) is 11.0 Å². The Labute approximate surface area is 114 Å². The number of rotatable bonds is 5. The van der Waals surface area contributed by atoms with Crippen LogP contribution >= 0.6 is 0 Å². The molecule has 5 nitrogen and oxygen atoms in total. The van der Waals surface area contributed by atoms with Gasteiger partial charge in [0, 0.05) is 25.0 Å². The molecule has 0 heterocycles. The maximum Gasteiger partial charge on any atom is 0.244 e. The number of nitrogens with two attached hydrogens (primary N) is 1. The Kier molecular flexibility index (Phi) is 5.19. The molecule has 1 aromatic rings. The molecular weight excluding hydrogens is 240 g/mol. The van der Waals surface area contributed by atoms with E-state index >= 15 is 0 Å². The largest absolute Gasteiger partial charge is 0.398 e. The number of carbonyl (C=O) groups excluding carboxylic acids is 1. The predicted octanol–water partition coefficient (Wildman–Crippen LogP) is 1.61. The Hall–Kier alpha value is -2.22. The van der Waals surface area contributed by atoms with Crippen molar-refractivity contribution in [3.63, 3.8) is 0 Å². The van der Waals surface area contributed by atoms with Crippen LogP contribution in [0.2, 0.25) is 0 Å². The highest BCUT2D eigenvalue weighted by Crippen LogP contribution is 2.19. The van der Waals surface area contributed by atoms with E-state index in [9.17, 15) is 4.79 Å². The Balaban J connectivity index is 2.80. The van der Waals surface area contributed by atoms with Gasteiger partial charge >= 0.3 is 0 Å². The number of hydrogen-bond acceptors (Lipinski definition) is 4. The van der Waals surface area contributed by atoms with Crippen LogP contribution in [0.4, 0.5) is 11.4 Å². The topological polar surface area (TPSA) is 82.2 Å². The maximum atomic E-state index is 11.9. The van der Waals surface area contributed by atoms with E-state index in [2.05, 4.69) is 11.4 Å². The highest BCUT2D eigenvalue weighted by atomic mass is 16.2. The summed E-state index contributed by atoms with van der Waals surface area (Å²) in [6.45, 7) is 4.42. The molecule has 0 aromatic heterocycles. The van der Waals surface area contributed by atoms with E-state index in [-0.39, 0.29) is 18.4 Å². The highest BCUT2D eigenvalue weighted by Gasteiger charge is 2.16. The summed E-state index contributed by atoms with van der Waals surface area (Å²) in [7, 11) is 1.77. The second-order valence-corrected chi connectivity index (χ2v) is 4.47. The van der Waals surface area contributed by atoms with E-state index in [1.165, 1.54) is 0 Å². The van der Waals surface area contributed by atoms with Crippen LogP contribution in [0.15, 0.2) is 18.2 Å². The first-order valence-corrected chi connectivity index (χ1v) is 6.26. The van der Waals surface area contributed by atoms with Gasteiger partial charge in [0.25, 0.3) is 0 Å². The molecule has 5 heteroatoms. The van der Waals surface area contributed by atoms with Gasteiger partial charge in [-0.1, -0.05) is 0 Å². The van der Waals surface area contributed by atoms with Crippen LogP contribution in [-0.2, 0) is 11.2 Å². The number of nitriles is 1.